The lowest BCUT2D eigenvalue weighted by molar-refractivity contribution is -0.119. The highest BCUT2D eigenvalue weighted by atomic mass is 16.1. The largest absolute Gasteiger partial charge is 0.300 e. The highest BCUT2D eigenvalue weighted by molar-refractivity contribution is 5.78. The average molecular weight is 233 g/mol. The summed E-state index contributed by atoms with van der Waals surface area (Å²) in [7, 11) is 0. The number of hydrogen-bond donors (Lipinski definition) is 0. The summed E-state index contributed by atoms with van der Waals surface area (Å²) in [6.45, 7) is 10.7. The Hall–Kier alpha value is -1.15. The Kier molecular flexibility index (Phi) is 5.92. The van der Waals surface area contributed by atoms with Gasteiger partial charge in [-0.15, -0.1) is 0 Å². The molecule has 0 aromatic carbocycles. The minimum atomic E-state index is 0.363. The van der Waals surface area contributed by atoms with Crippen LogP contribution in [0.5, 0.6) is 0 Å². The van der Waals surface area contributed by atoms with Crippen LogP contribution >= 0.6 is 0 Å². The van der Waals surface area contributed by atoms with Crippen molar-refractivity contribution >= 4 is 5.78 Å². The smallest absolute Gasteiger partial charge is 0.133 e. The molecular formula is C15H23NO. The third-order valence-corrected chi connectivity index (χ3v) is 3.27. The van der Waals surface area contributed by atoms with Crippen LogP contribution in [0.25, 0.3) is 0 Å². The zero-order chi connectivity index (χ0) is 12.7. The molecule has 1 aliphatic heterocycles. The van der Waals surface area contributed by atoms with E-state index in [1.54, 1.807) is 0 Å². The normalized spacial score (nSPS) is 17.8. The molecule has 0 atom stereocenters. The Morgan fingerprint density at radius 1 is 1.59 bits per heavy atom. The van der Waals surface area contributed by atoms with Gasteiger partial charge in [0.15, 0.2) is 0 Å². The van der Waals surface area contributed by atoms with Crippen molar-refractivity contribution in [2.24, 2.45) is 0 Å². The number of allylic oxidation sites excluding steroid dienone is 3. The first-order chi connectivity index (χ1) is 8.17. The molecule has 0 unspecified atom stereocenters. The van der Waals surface area contributed by atoms with Gasteiger partial charge in [0, 0.05) is 32.5 Å². The van der Waals surface area contributed by atoms with Crippen molar-refractivity contribution in [1.29, 1.82) is 0 Å². The quantitative estimate of drug-likeness (QED) is 0.657. The first-order valence-corrected chi connectivity index (χ1v) is 6.40. The van der Waals surface area contributed by atoms with E-state index in [1.165, 1.54) is 11.1 Å². The van der Waals surface area contributed by atoms with E-state index in [0.29, 0.717) is 18.6 Å². The first kappa shape index (κ1) is 13.9. The SMILES string of the molecule is C=C/C=C(\C)C1=CCN(CCC(=O)CC)CC1. The number of carbonyl (C=O) groups is 1. The fourth-order valence-electron chi connectivity index (χ4n) is 2.02. The summed E-state index contributed by atoms with van der Waals surface area (Å²) < 4.78 is 0. The van der Waals surface area contributed by atoms with Crippen LogP contribution < -0.4 is 0 Å². The average Bonchev–Trinajstić information content (AvgIpc) is 2.36. The van der Waals surface area contributed by atoms with Crippen molar-refractivity contribution in [2.45, 2.75) is 33.1 Å². The Bertz CT molecular complexity index is 339. The lowest BCUT2D eigenvalue weighted by Crippen LogP contribution is -2.31. The second kappa shape index (κ2) is 7.23. The second-order valence-corrected chi connectivity index (χ2v) is 4.51. The Balaban J connectivity index is 2.41. The zero-order valence-electron chi connectivity index (χ0n) is 11.0. The maximum atomic E-state index is 11.2. The van der Waals surface area contributed by atoms with Gasteiger partial charge in [-0.2, -0.15) is 0 Å². The van der Waals surface area contributed by atoms with E-state index in [2.05, 4.69) is 30.6 Å². The van der Waals surface area contributed by atoms with Crippen LogP contribution in [-0.2, 0) is 4.79 Å². The van der Waals surface area contributed by atoms with Gasteiger partial charge in [0.05, 0.1) is 0 Å². The van der Waals surface area contributed by atoms with E-state index in [-0.39, 0.29) is 0 Å². The molecule has 2 nitrogen and oxygen atoms in total. The molecule has 0 bridgehead atoms. The molecule has 0 fully saturated rings. The van der Waals surface area contributed by atoms with Crippen LogP contribution in [-0.4, -0.2) is 30.3 Å². The molecule has 0 radical (unpaired) electrons. The van der Waals surface area contributed by atoms with Crippen molar-refractivity contribution < 1.29 is 4.79 Å². The van der Waals surface area contributed by atoms with Gasteiger partial charge >= 0.3 is 0 Å². The summed E-state index contributed by atoms with van der Waals surface area (Å²) in [6, 6.07) is 0. The monoisotopic (exact) mass is 233 g/mol. The maximum Gasteiger partial charge on any atom is 0.133 e. The van der Waals surface area contributed by atoms with E-state index in [0.717, 1.165) is 26.1 Å². The van der Waals surface area contributed by atoms with Crippen molar-refractivity contribution in [3.05, 3.63) is 36.0 Å². The molecule has 1 aliphatic rings. The van der Waals surface area contributed by atoms with E-state index in [1.807, 2.05) is 13.0 Å². The van der Waals surface area contributed by atoms with Crippen LogP contribution in [0.1, 0.15) is 33.1 Å². The number of hydrogen-bond acceptors (Lipinski definition) is 2. The van der Waals surface area contributed by atoms with Gasteiger partial charge in [-0.25, -0.2) is 0 Å². The van der Waals surface area contributed by atoms with Crippen molar-refractivity contribution in [3.8, 4) is 0 Å². The minimum Gasteiger partial charge on any atom is -0.300 e. The van der Waals surface area contributed by atoms with Gasteiger partial charge in [0.2, 0.25) is 0 Å². The Morgan fingerprint density at radius 3 is 2.88 bits per heavy atom. The van der Waals surface area contributed by atoms with Crippen molar-refractivity contribution in [2.75, 3.05) is 19.6 Å². The number of ketones is 1. The molecule has 0 aromatic heterocycles. The summed E-state index contributed by atoms with van der Waals surface area (Å²) in [5.41, 5.74) is 2.73. The molecule has 94 valence electrons. The van der Waals surface area contributed by atoms with E-state index < -0.39 is 0 Å². The minimum absolute atomic E-state index is 0.363. The number of Topliss-reactive ketones (excluding diaryl/α,β-unsaturated/α-hetero) is 1. The van der Waals surface area contributed by atoms with Crippen LogP contribution in [0.15, 0.2) is 36.0 Å². The van der Waals surface area contributed by atoms with Gasteiger partial charge < -0.3 is 0 Å². The van der Waals surface area contributed by atoms with Crippen molar-refractivity contribution in [1.82, 2.24) is 4.90 Å². The predicted octanol–water partition coefficient (Wildman–Crippen LogP) is 3.12. The lowest BCUT2D eigenvalue weighted by atomic mass is 10.00. The number of nitrogens with zero attached hydrogens (tertiary/aromatic N) is 1. The Morgan fingerprint density at radius 2 is 2.35 bits per heavy atom. The summed E-state index contributed by atoms with van der Waals surface area (Å²) >= 11 is 0. The number of rotatable bonds is 6. The van der Waals surface area contributed by atoms with Crippen LogP contribution in [0.3, 0.4) is 0 Å². The topological polar surface area (TPSA) is 20.3 Å². The summed E-state index contributed by atoms with van der Waals surface area (Å²) in [5.74, 6) is 0.363. The molecule has 0 aliphatic carbocycles. The Labute approximate surface area is 105 Å². The summed E-state index contributed by atoms with van der Waals surface area (Å²) in [4.78, 5) is 13.6. The fourth-order valence-corrected chi connectivity index (χ4v) is 2.02. The molecular weight excluding hydrogens is 210 g/mol. The standard InChI is InChI=1S/C15H23NO/c1-4-6-13(3)14-7-10-16(11-8-14)12-9-15(17)5-2/h4,6-7H,1,5,8-12H2,2-3H3/b13-6+. The van der Waals surface area contributed by atoms with Gasteiger partial charge in [-0.1, -0.05) is 31.7 Å². The first-order valence-electron chi connectivity index (χ1n) is 6.40. The molecule has 0 amide bonds. The zero-order valence-corrected chi connectivity index (χ0v) is 11.0. The van der Waals surface area contributed by atoms with Gasteiger partial charge in [0.25, 0.3) is 0 Å². The van der Waals surface area contributed by atoms with E-state index in [4.69, 9.17) is 0 Å². The highest BCUT2D eigenvalue weighted by Crippen LogP contribution is 2.18. The molecule has 2 heteroatoms. The van der Waals surface area contributed by atoms with E-state index >= 15 is 0 Å². The molecule has 1 heterocycles. The molecule has 0 saturated heterocycles. The molecule has 0 aromatic rings. The third-order valence-electron chi connectivity index (χ3n) is 3.27. The fraction of sp³-hybridized carbons (Fsp3) is 0.533. The van der Waals surface area contributed by atoms with Crippen LogP contribution in [0.4, 0.5) is 0 Å². The van der Waals surface area contributed by atoms with Crippen LogP contribution in [0.2, 0.25) is 0 Å². The lowest BCUT2D eigenvalue weighted by Gasteiger charge is -2.26. The maximum absolute atomic E-state index is 11.2. The molecule has 17 heavy (non-hydrogen) atoms. The van der Waals surface area contributed by atoms with Gasteiger partial charge in [-0.3, -0.25) is 9.69 Å². The molecule has 0 saturated carbocycles. The third kappa shape index (κ3) is 4.70. The summed E-state index contributed by atoms with van der Waals surface area (Å²) in [5, 5.41) is 0. The summed E-state index contributed by atoms with van der Waals surface area (Å²) in [6.07, 6.45) is 8.60. The van der Waals surface area contributed by atoms with E-state index in [9.17, 15) is 4.79 Å². The van der Waals surface area contributed by atoms with Gasteiger partial charge in [0.1, 0.15) is 5.78 Å². The molecule has 0 spiro atoms. The van der Waals surface area contributed by atoms with Gasteiger partial charge in [-0.05, 0) is 24.5 Å². The number of carbonyl (C=O) groups excluding carboxylic acids is 1. The molecule has 0 N–H and O–H groups in total. The molecule has 1 rings (SSSR count). The van der Waals surface area contributed by atoms with Crippen molar-refractivity contribution in [3.63, 3.8) is 0 Å². The highest BCUT2D eigenvalue weighted by Gasteiger charge is 2.12. The second-order valence-electron chi connectivity index (χ2n) is 4.51. The predicted molar refractivity (Wildman–Crippen MR) is 73.0 cm³/mol. The van der Waals surface area contributed by atoms with Crippen LogP contribution in [0, 0.1) is 0 Å².